The number of hydrogen-bond acceptors (Lipinski definition) is 4. The van der Waals surface area contributed by atoms with Gasteiger partial charge in [-0.2, -0.15) is 5.26 Å². The number of aromatic amines is 1. The molecule has 5 heteroatoms. The standard InChI is InChI=1S/C13H8N4S/c14-7-9-1-3-10(4-2-9)11-8-18-13(17-11)12-15-5-6-16-12/h1-6,8H,(H,15,16). The van der Waals surface area contributed by atoms with Crippen LogP contribution in [0.1, 0.15) is 5.56 Å². The first-order chi connectivity index (χ1) is 8.86. The Labute approximate surface area is 108 Å². The number of imidazole rings is 1. The summed E-state index contributed by atoms with van der Waals surface area (Å²) in [6, 6.07) is 9.49. The monoisotopic (exact) mass is 252 g/mol. The maximum absolute atomic E-state index is 8.75. The summed E-state index contributed by atoms with van der Waals surface area (Å²) in [6.07, 6.45) is 3.48. The second kappa shape index (κ2) is 4.43. The molecule has 3 rings (SSSR count). The van der Waals surface area contributed by atoms with Crippen LogP contribution in [0.4, 0.5) is 0 Å². The Morgan fingerprint density at radius 3 is 2.72 bits per heavy atom. The van der Waals surface area contributed by atoms with E-state index in [2.05, 4.69) is 21.0 Å². The number of aromatic nitrogens is 3. The third-order valence-electron chi connectivity index (χ3n) is 2.51. The molecule has 3 aromatic rings. The maximum atomic E-state index is 8.75. The molecule has 0 atom stereocenters. The van der Waals surface area contributed by atoms with Crippen molar-refractivity contribution in [3.63, 3.8) is 0 Å². The van der Waals surface area contributed by atoms with E-state index in [4.69, 9.17) is 5.26 Å². The van der Waals surface area contributed by atoms with Crippen molar-refractivity contribution < 1.29 is 0 Å². The lowest BCUT2D eigenvalue weighted by Crippen LogP contribution is -1.81. The molecular formula is C13H8N4S. The summed E-state index contributed by atoms with van der Waals surface area (Å²) >= 11 is 1.54. The molecule has 0 aliphatic heterocycles. The minimum atomic E-state index is 0.653. The van der Waals surface area contributed by atoms with Crippen LogP contribution in [0.25, 0.3) is 22.1 Å². The number of nitrogens with zero attached hydrogens (tertiary/aromatic N) is 3. The molecular weight excluding hydrogens is 244 g/mol. The Morgan fingerprint density at radius 2 is 2.06 bits per heavy atom. The molecule has 2 heterocycles. The number of rotatable bonds is 2. The highest BCUT2D eigenvalue weighted by atomic mass is 32.1. The third kappa shape index (κ3) is 1.90. The van der Waals surface area contributed by atoms with Gasteiger partial charge in [0, 0.05) is 23.3 Å². The van der Waals surface area contributed by atoms with Crippen LogP contribution < -0.4 is 0 Å². The minimum Gasteiger partial charge on any atom is -0.343 e. The second-order valence-electron chi connectivity index (χ2n) is 3.66. The quantitative estimate of drug-likeness (QED) is 0.762. The largest absolute Gasteiger partial charge is 0.343 e. The second-order valence-corrected chi connectivity index (χ2v) is 4.52. The van der Waals surface area contributed by atoms with E-state index in [1.807, 2.05) is 17.5 Å². The van der Waals surface area contributed by atoms with Crippen molar-refractivity contribution in [3.05, 3.63) is 47.6 Å². The van der Waals surface area contributed by atoms with Crippen LogP contribution in [0.2, 0.25) is 0 Å². The van der Waals surface area contributed by atoms with Gasteiger partial charge in [-0.05, 0) is 12.1 Å². The van der Waals surface area contributed by atoms with E-state index in [-0.39, 0.29) is 0 Å². The fraction of sp³-hybridized carbons (Fsp3) is 0. The van der Waals surface area contributed by atoms with Gasteiger partial charge in [0.2, 0.25) is 0 Å². The molecule has 0 unspecified atom stereocenters. The number of thiazole rings is 1. The van der Waals surface area contributed by atoms with Crippen molar-refractivity contribution in [2.24, 2.45) is 0 Å². The van der Waals surface area contributed by atoms with Gasteiger partial charge < -0.3 is 4.98 Å². The highest BCUT2D eigenvalue weighted by Gasteiger charge is 2.07. The fourth-order valence-electron chi connectivity index (χ4n) is 1.61. The van der Waals surface area contributed by atoms with Crippen LogP contribution in [-0.4, -0.2) is 15.0 Å². The lowest BCUT2D eigenvalue weighted by atomic mass is 10.1. The van der Waals surface area contributed by atoms with Gasteiger partial charge in [0.05, 0.1) is 17.3 Å². The number of nitriles is 1. The summed E-state index contributed by atoms with van der Waals surface area (Å²) < 4.78 is 0. The Kier molecular flexibility index (Phi) is 2.63. The summed E-state index contributed by atoms with van der Waals surface area (Å²) in [5, 5.41) is 11.6. The summed E-state index contributed by atoms with van der Waals surface area (Å²) in [4.78, 5) is 11.7. The van der Waals surface area contributed by atoms with Crippen LogP contribution in [-0.2, 0) is 0 Å². The number of hydrogen-bond donors (Lipinski definition) is 1. The van der Waals surface area contributed by atoms with Gasteiger partial charge in [0.15, 0.2) is 10.8 Å². The van der Waals surface area contributed by atoms with Crippen LogP contribution in [0.5, 0.6) is 0 Å². The Bertz CT molecular complexity index is 689. The number of benzene rings is 1. The highest BCUT2D eigenvalue weighted by Crippen LogP contribution is 2.26. The Morgan fingerprint density at radius 1 is 1.22 bits per heavy atom. The van der Waals surface area contributed by atoms with Gasteiger partial charge >= 0.3 is 0 Å². The molecule has 0 radical (unpaired) electrons. The fourth-order valence-corrected chi connectivity index (χ4v) is 2.40. The molecule has 0 saturated carbocycles. The normalized spacial score (nSPS) is 10.2. The van der Waals surface area contributed by atoms with E-state index in [9.17, 15) is 0 Å². The third-order valence-corrected chi connectivity index (χ3v) is 3.36. The molecule has 86 valence electrons. The van der Waals surface area contributed by atoms with Crippen molar-refractivity contribution in [1.29, 1.82) is 5.26 Å². The van der Waals surface area contributed by atoms with E-state index in [1.54, 1.807) is 35.9 Å². The average Bonchev–Trinajstić information content (AvgIpc) is 3.09. The zero-order chi connectivity index (χ0) is 12.4. The van der Waals surface area contributed by atoms with E-state index in [0.29, 0.717) is 5.56 Å². The van der Waals surface area contributed by atoms with Crippen LogP contribution >= 0.6 is 11.3 Å². The number of nitrogens with one attached hydrogen (secondary N) is 1. The molecule has 4 nitrogen and oxygen atoms in total. The van der Waals surface area contributed by atoms with Crippen molar-refractivity contribution in [2.45, 2.75) is 0 Å². The summed E-state index contributed by atoms with van der Waals surface area (Å²) in [5.74, 6) is 0.778. The molecule has 0 aliphatic carbocycles. The first kappa shape index (κ1) is 10.7. The van der Waals surface area contributed by atoms with Crippen molar-refractivity contribution in [2.75, 3.05) is 0 Å². The van der Waals surface area contributed by atoms with Gasteiger partial charge in [-0.1, -0.05) is 12.1 Å². The molecule has 0 saturated heterocycles. The van der Waals surface area contributed by atoms with Crippen molar-refractivity contribution in [3.8, 4) is 28.2 Å². The molecule has 1 aromatic carbocycles. The lowest BCUT2D eigenvalue weighted by Gasteiger charge is -1.95. The van der Waals surface area contributed by atoms with E-state index < -0.39 is 0 Å². The van der Waals surface area contributed by atoms with Crippen LogP contribution in [0, 0.1) is 11.3 Å². The summed E-state index contributed by atoms with van der Waals surface area (Å²) in [6.45, 7) is 0. The Balaban J connectivity index is 1.95. The number of H-pyrrole nitrogens is 1. The maximum Gasteiger partial charge on any atom is 0.166 e. The summed E-state index contributed by atoms with van der Waals surface area (Å²) in [7, 11) is 0. The van der Waals surface area contributed by atoms with Crippen LogP contribution in [0.15, 0.2) is 42.0 Å². The average molecular weight is 252 g/mol. The molecule has 0 fully saturated rings. The first-order valence-corrected chi connectivity index (χ1v) is 6.20. The zero-order valence-corrected chi connectivity index (χ0v) is 10.1. The molecule has 18 heavy (non-hydrogen) atoms. The molecule has 1 N–H and O–H groups in total. The smallest absolute Gasteiger partial charge is 0.166 e. The molecule has 0 amide bonds. The lowest BCUT2D eigenvalue weighted by molar-refractivity contribution is 1.27. The van der Waals surface area contributed by atoms with Crippen molar-refractivity contribution in [1.82, 2.24) is 15.0 Å². The topological polar surface area (TPSA) is 65.4 Å². The van der Waals surface area contributed by atoms with E-state index >= 15 is 0 Å². The predicted molar refractivity (Wildman–Crippen MR) is 69.8 cm³/mol. The SMILES string of the molecule is N#Cc1ccc(-c2csc(-c3ncc[nH]3)n2)cc1. The highest BCUT2D eigenvalue weighted by molar-refractivity contribution is 7.13. The molecule has 0 aliphatic rings. The van der Waals surface area contributed by atoms with Gasteiger partial charge in [0.25, 0.3) is 0 Å². The molecule has 0 bridgehead atoms. The summed E-state index contributed by atoms with van der Waals surface area (Å²) in [5.41, 5.74) is 2.55. The van der Waals surface area contributed by atoms with Gasteiger partial charge in [-0.3, -0.25) is 0 Å². The first-order valence-electron chi connectivity index (χ1n) is 5.32. The predicted octanol–water partition coefficient (Wildman–Crippen LogP) is 3.07. The van der Waals surface area contributed by atoms with Gasteiger partial charge in [-0.25, -0.2) is 9.97 Å². The minimum absolute atomic E-state index is 0.653. The van der Waals surface area contributed by atoms with E-state index in [0.717, 1.165) is 22.1 Å². The molecule has 2 aromatic heterocycles. The van der Waals surface area contributed by atoms with E-state index in [1.165, 1.54) is 0 Å². The van der Waals surface area contributed by atoms with Crippen molar-refractivity contribution >= 4 is 11.3 Å². The molecule has 0 spiro atoms. The van der Waals surface area contributed by atoms with Gasteiger partial charge in [-0.15, -0.1) is 11.3 Å². The Hall–Kier alpha value is -2.45. The zero-order valence-electron chi connectivity index (χ0n) is 9.29. The van der Waals surface area contributed by atoms with Crippen LogP contribution in [0.3, 0.4) is 0 Å². The van der Waals surface area contributed by atoms with Gasteiger partial charge in [0.1, 0.15) is 0 Å².